The molecule has 2 aromatic rings. The highest BCUT2D eigenvalue weighted by molar-refractivity contribution is 5.90. The van der Waals surface area contributed by atoms with E-state index in [1.807, 2.05) is 24.3 Å². The minimum atomic E-state index is 0.0773. The number of amides is 1. The molecule has 0 saturated heterocycles. The quantitative estimate of drug-likeness (QED) is 0.732. The fourth-order valence-corrected chi connectivity index (χ4v) is 2.50. The van der Waals surface area contributed by atoms with E-state index in [0.717, 1.165) is 43.2 Å². The highest BCUT2D eigenvalue weighted by Gasteiger charge is 2.06. The Morgan fingerprint density at radius 2 is 1.71 bits per heavy atom. The van der Waals surface area contributed by atoms with Crippen molar-refractivity contribution in [3.8, 4) is 0 Å². The number of hydrogen-bond donors (Lipinski definition) is 2. The minimum absolute atomic E-state index is 0.0773. The number of hydrogen-bond acceptors (Lipinski definition) is 2. The Labute approximate surface area is 126 Å². The van der Waals surface area contributed by atoms with E-state index in [2.05, 4.69) is 23.5 Å². The summed E-state index contributed by atoms with van der Waals surface area (Å²) in [7, 11) is 0. The summed E-state index contributed by atoms with van der Waals surface area (Å²) in [5, 5.41) is 14.0. The normalized spacial score (nSPS) is 10.7. The van der Waals surface area contributed by atoms with E-state index in [0.29, 0.717) is 6.42 Å². The molecule has 0 heterocycles. The number of aliphatic hydroxyl groups is 1. The molecule has 0 unspecified atom stereocenters. The number of nitrogens with one attached hydrogen (secondary N) is 1. The molecule has 3 heteroatoms. The zero-order valence-electron chi connectivity index (χ0n) is 12.3. The first-order valence-corrected chi connectivity index (χ1v) is 7.65. The first kappa shape index (κ1) is 15.5. The first-order valence-electron chi connectivity index (χ1n) is 7.65. The average Bonchev–Trinajstić information content (AvgIpc) is 2.51. The molecule has 2 N–H and O–H groups in total. The van der Waals surface area contributed by atoms with Crippen LogP contribution in [0.5, 0.6) is 0 Å². The van der Waals surface area contributed by atoms with Gasteiger partial charge in [0.05, 0.1) is 6.42 Å². The highest BCUT2D eigenvalue weighted by atomic mass is 16.2. The standard InChI is InChI=1S/C18H23NO2/c20-13-6-2-1-5-12-19-18(21)14-16-10-7-9-15-8-3-4-11-17(15)16/h3-4,7-11,20H,1-2,5-6,12-14H2,(H,19,21). The van der Waals surface area contributed by atoms with Crippen molar-refractivity contribution in [1.82, 2.24) is 5.32 Å². The van der Waals surface area contributed by atoms with Crippen LogP contribution in [-0.4, -0.2) is 24.2 Å². The molecule has 0 atom stereocenters. The Hall–Kier alpha value is -1.87. The van der Waals surface area contributed by atoms with Gasteiger partial charge in [-0.2, -0.15) is 0 Å². The first-order chi connectivity index (χ1) is 10.3. The Morgan fingerprint density at radius 3 is 2.57 bits per heavy atom. The van der Waals surface area contributed by atoms with Gasteiger partial charge in [0, 0.05) is 13.2 Å². The number of benzene rings is 2. The number of carbonyl (C=O) groups is 1. The van der Waals surface area contributed by atoms with Gasteiger partial charge in [-0.25, -0.2) is 0 Å². The van der Waals surface area contributed by atoms with Crippen LogP contribution >= 0.6 is 0 Å². The summed E-state index contributed by atoms with van der Waals surface area (Å²) in [6, 6.07) is 14.2. The van der Waals surface area contributed by atoms with Crippen LogP contribution < -0.4 is 5.32 Å². The van der Waals surface area contributed by atoms with Gasteiger partial charge in [-0.1, -0.05) is 55.3 Å². The Bertz CT molecular complexity index is 575. The fraction of sp³-hybridized carbons (Fsp3) is 0.389. The maximum absolute atomic E-state index is 12.0. The maximum Gasteiger partial charge on any atom is 0.224 e. The third kappa shape index (κ3) is 4.87. The van der Waals surface area contributed by atoms with Crippen molar-refractivity contribution in [2.45, 2.75) is 32.1 Å². The van der Waals surface area contributed by atoms with Gasteiger partial charge in [-0.3, -0.25) is 4.79 Å². The van der Waals surface area contributed by atoms with Crippen molar-refractivity contribution in [3.05, 3.63) is 48.0 Å². The van der Waals surface area contributed by atoms with Crippen LogP contribution in [0.15, 0.2) is 42.5 Å². The van der Waals surface area contributed by atoms with Crippen molar-refractivity contribution >= 4 is 16.7 Å². The average molecular weight is 285 g/mol. The van der Waals surface area contributed by atoms with E-state index in [4.69, 9.17) is 5.11 Å². The number of carbonyl (C=O) groups excluding carboxylic acids is 1. The van der Waals surface area contributed by atoms with Gasteiger partial charge in [-0.15, -0.1) is 0 Å². The monoisotopic (exact) mass is 285 g/mol. The molecule has 0 aliphatic rings. The molecule has 0 aromatic heterocycles. The molecule has 0 bridgehead atoms. The molecule has 3 nitrogen and oxygen atoms in total. The second-order valence-corrected chi connectivity index (χ2v) is 5.30. The van der Waals surface area contributed by atoms with Crippen molar-refractivity contribution in [2.75, 3.05) is 13.2 Å². The van der Waals surface area contributed by atoms with Gasteiger partial charge < -0.3 is 10.4 Å². The predicted molar refractivity (Wildman–Crippen MR) is 86.2 cm³/mol. The van der Waals surface area contributed by atoms with E-state index in [9.17, 15) is 4.79 Å². The van der Waals surface area contributed by atoms with Gasteiger partial charge in [0.2, 0.25) is 5.91 Å². The van der Waals surface area contributed by atoms with E-state index < -0.39 is 0 Å². The summed E-state index contributed by atoms with van der Waals surface area (Å²) in [4.78, 5) is 12.0. The molecule has 112 valence electrons. The van der Waals surface area contributed by atoms with Crippen LogP contribution in [0.4, 0.5) is 0 Å². The van der Waals surface area contributed by atoms with Crippen LogP contribution in [-0.2, 0) is 11.2 Å². The molecule has 0 saturated carbocycles. The lowest BCUT2D eigenvalue weighted by Crippen LogP contribution is -2.26. The molecule has 0 aliphatic heterocycles. The van der Waals surface area contributed by atoms with Gasteiger partial charge in [0.15, 0.2) is 0 Å². The molecule has 2 aromatic carbocycles. The zero-order chi connectivity index (χ0) is 14.9. The molecular weight excluding hydrogens is 262 g/mol. The topological polar surface area (TPSA) is 49.3 Å². The Balaban J connectivity index is 1.82. The fourth-order valence-electron chi connectivity index (χ4n) is 2.50. The lowest BCUT2D eigenvalue weighted by molar-refractivity contribution is -0.120. The molecule has 0 spiro atoms. The zero-order valence-corrected chi connectivity index (χ0v) is 12.3. The van der Waals surface area contributed by atoms with E-state index >= 15 is 0 Å². The third-order valence-corrected chi connectivity index (χ3v) is 3.64. The van der Waals surface area contributed by atoms with Crippen LogP contribution in [0.3, 0.4) is 0 Å². The lowest BCUT2D eigenvalue weighted by atomic mass is 10.0. The number of aliphatic hydroxyl groups excluding tert-OH is 1. The molecule has 1 amide bonds. The molecule has 0 fully saturated rings. The Kier molecular flexibility index (Phi) is 6.22. The van der Waals surface area contributed by atoms with Crippen LogP contribution in [0, 0.1) is 0 Å². The summed E-state index contributed by atoms with van der Waals surface area (Å²) < 4.78 is 0. The molecule has 0 aliphatic carbocycles. The van der Waals surface area contributed by atoms with Crippen molar-refractivity contribution in [2.24, 2.45) is 0 Å². The van der Waals surface area contributed by atoms with Crippen LogP contribution in [0.1, 0.15) is 31.2 Å². The summed E-state index contributed by atoms with van der Waals surface area (Å²) in [5.74, 6) is 0.0773. The molecule has 0 radical (unpaired) electrons. The lowest BCUT2D eigenvalue weighted by Gasteiger charge is -2.08. The van der Waals surface area contributed by atoms with Crippen molar-refractivity contribution in [1.29, 1.82) is 0 Å². The van der Waals surface area contributed by atoms with E-state index in [1.54, 1.807) is 0 Å². The summed E-state index contributed by atoms with van der Waals surface area (Å²) in [5.41, 5.74) is 1.07. The van der Waals surface area contributed by atoms with Crippen molar-refractivity contribution < 1.29 is 9.90 Å². The molecular formula is C18H23NO2. The van der Waals surface area contributed by atoms with Crippen LogP contribution in [0.25, 0.3) is 10.8 Å². The van der Waals surface area contributed by atoms with E-state index in [-0.39, 0.29) is 12.5 Å². The smallest absolute Gasteiger partial charge is 0.224 e. The highest BCUT2D eigenvalue weighted by Crippen LogP contribution is 2.18. The number of unbranched alkanes of at least 4 members (excludes halogenated alkanes) is 3. The predicted octanol–water partition coefficient (Wildman–Crippen LogP) is 3.05. The number of rotatable bonds is 8. The second kappa shape index (κ2) is 8.42. The largest absolute Gasteiger partial charge is 0.396 e. The van der Waals surface area contributed by atoms with Gasteiger partial charge >= 0.3 is 0 Å². The minimum Gasteiger partial charge on any atom is -0.396 e. The number of fused-ring (bicyclic) bond motifs is 1. The molecule has 2 rings (SSSR count). The molecule has 21 heavy (non-hydrogen) atoms. The van der Waals surface area contributed by atoms with Gasteiger partial charge in [-0.05, 0) is 29.2 Å². The Morgan fingerprint density at radius 1 is 0.952 bits per heavy atom. The second-order valence-electron chi connectivity index (χ2n) is 5.30. The summed E-state index contributed by atoms with van der Waals surface area (Å²) in [6.45, 7) is 0.975. The van der Waals surface area contributed by atoms with E-state index in [1.165, 1.54) is 5.39 Å². The van der Waals surface area contributed by atoms with Crippen LogP contribution in [0.2, 0.25) is 0 Å². The maximum atomic E-state index is 12.0. The third-order valence-electron chi connectivity index (χ3n) is 3.64. The van der Waals surface area contributed by atoms with Crippen molar-refractivity contribution in [3.63, 3.8) is 0 Å². The SMILES string of the molecule is O=C(Cc1cccc2ccccc12)NCCCCCCO. The van der Waals surface area contributed by atoms with Gasteiger partial charge in [0.25, 0.3) is 0 Å². The van der Waals surface area contributed by atoms with Gasteiger partial charge in [0.1, 0.15) is 0 Å². The summed E-state index contributed by atoms with van der Waals surface area (Å²) >= 11 is 0. The summed E-state index contributed by atoms with van der Waals surface area (Å²) in [6.07, 6.45) is 4.33.